The van der Waals surface area contributed by atoms with Crippen LogP contribution in [0.5, 0.6) is 0 Å². The van der Waals surface area contributed by atoms with Crippen LogP contribution in [0.2, 0.25) is 5.15 Å². The van der Waals surface area contributed by atoms with E-state index in [-0.39, 0.29) is 22.9 Å². The van der Waals surface area contributed by atoms with Gasteiger partial charge in [-0.1, -0.05) is 51.8 Å². The van der Waals surface area contributed by atoms with Crippen LogP contribution in [-0.2, 0) is 0 Å². The summed E-state index contributed by atoms with van der Waals surface area (Å²) in [5, 5.41) is 0.419. The minimum atomic E-state index is -0.457. The van der Waals surface area contributed by atoms with Crippen molar-refractivity contribution in [1.82, 2.24) is 14.5 Å². The fraction of sp³-hybridized carbons (Fsp3) is 0. The van der Waals surface area contributed by atoms with E-state index < -0.39 is 5.82 Å². The predicted octanol–water partition coefficient (Wildman–Crippen LogP) is 7.55. The Morgan fingerprint density at radius 1 is 0.857 bits per heavy atom. The highest BCUT2D eigenvalue weighted by atomic mass is 79.9. The quantitative estimate of drug-likeness (QED) is 0.171. The van der Waals surface area contributed by atoms with Crippen LogP contribution in [-0.4, -0.2) is 20.3 Å². The van der Waals surface area contributed by atoms with Crippen molar-refractivity contribution in [2.45, 2.75) is 0 Å². The van der Waals surface area contributed by atoms with Crippen molar-refractivity contribution in [3.05, 3.63) is 136 Å². The van der Waals surface area contributed by atoms with Gasteiger partial charge in [0.25, 0.3) is 0 Å². The second-order valence-electron chi connectivity index (χ2n) is 7.33. The standard InChI is InChI=1S/C21H13ClFN3O.C6H4BrF/c22-21-18(8-3-9-24-21)14-4-2-7-17(11-14)26-12-19(25-13-26)20(27)15-5-1-6-16(23)10-15;7-5-1-3-6(8)4-2-5/h1-13H;1-4H. The van der Waals surface area contributed by atoms with Crippen LogP contribution in [0.25, 0.3) is 16.8 Å². The first-order valence-electron chi connectivity index (χ1n) is 10.4. The molecular weight excluding hydrogens is 536 g/mol. The SMILES string of the molecule is Fc1ccc(Br)cc1.O=C(c1cccc(F)c1)c1cn(-c2cccc(-c3cccnc3Cl)c2)cn1. The maximum absolute atomic E-state index is 13.4. The monoisotopic (exact) mass is 551 g/mol. The van der Waals surface area contributed by atoms with Crippen molar-refractivity contribution in [1.29, 1.82) is 0 Å². The van der Waals surface area contributed by atoms with Gasteiger partial charge < -0.3 is 4.57 Å². The average Bonchev–Trinajstić information content (AvgIpc) is 3.37. The normalized spacial score (nSPS) is 10.4. The number of aromatic nitrogens is 3. The molecule has 5 aromatic rings. The van der Waals surface area contributed by atoms with Crippen LogP contribution in [0, 0.1) is 11.6 Å². The number of hydrogen-bond acceptors (Lipinski definition) is 3. The van der Waals surface area contributed by atoms with E-state index in [9.17, 15) is 13.6 Å². The molecule has 0 bridgehead atoms. The number of halogens is 4. The van der Waals surface area contributed by atoms with Gasteiger partial charge >= 0.3 is 0 Å². The molecule has 0 aliphatic carbocycles. The molecule has 0 fully saturated rings. The van der Waals surface area contributed by atoms with Gasteiger partial charge in [-0.25, -0.2) is 18.7 Å². The van der Waals surface area contributed by atoms with Gasteiger partial charge in [-0.2, -0.15) is 0 Å². The summed E-state index contributed by atoms with van der Waals surface area (Å²) in [6.45, 7) is 0. The molecule has 0 aliphatic rings. The lowest BCUT2D eigenvalue weighted by Crippen LogP contribution is -2.02. The minimum Gasteiger partial charge on any atom is -0.306 e. The Kier molecular flexibility index (Phi) is 7.80. The summed E-state index contributed by atoms with van der Waals surface area (Å²) in [6, 6.07) is 23.1. The first kappa shape index (κ1) is 24.4. The molecule has 35 heavy (non-hydrogen) atoms. The Morgan fingerprint density at radius 2 is 1.63 bits per heavy atom. The van der Waals surface area contributed by atoms with Crippen LogP contribution < -0.4 is 0 Å². The molecule has 4 nitrogen and oxygen atoms in total. The van der Waals surface area contributed by atoms with Gasteiger partial charge in [0, 0.05) is 33.7 Å². The zero-order chi connectivity index (χ0) is 24.8. The number of ketones is 1. The van der Waals surface area contributed by atoms with Crippen molar-refractivity contribution in [3.8, 4) is 16.8 Å². The molecule has 174 valence electrons. The summed E-state index contributed by atoms with van der Waals surface area (Å²) in [6.07, 6.45) is 4.81. The second-order valence-corrected chi connectivity index (χ2v) is 8.61. The average molecular weight is 553 g/mol. The number of benzene rings is 3. The molecule has 0 saturated carbocycles. The summed E-state index contributed by atoms with van der Waals surface area (Å²) in [5.41, 5.74) is 3.04. The third-order valence-electron chi connectivity index (χ3n) is 4.92. The van der Waals surface area contributed by atoms with Gasteiger partial charge in [0.2, 0.25) is 5.78 Å². The van der Waals surface area contributed by atoms with Crippen LogP contribution in [0.4, 0.5) is 8.78 Å². The molecule has 0 saturated heterocycles. The maximum Gasteiger partial charge on any atom is 0.213 e. The van der Waals surface area contributed by atoms with Crippen molar-refractivity contribution < 1.29 is 13.6 Å². The van der Waals surface area contributed by atoms with Crippen molar-refractivity contribution in [3.63, 3.8) is 0 Å². The fourth-order valence-electron chi connectivity index (χ4n) is 3.22. The van der Waals surface area contributed by atoms with Gasteiger partial charge in [-0.15, -0.1) is 0 Å². The molecule has 0 N–H and O–H groups in total. The lowest BCUT2D eigenvalue weighted by molar-refractivity contribution is 0.103. The van der Waals surface area contributed by atoms with Gasteiger partial charge in [-0.05, 0) is 66.2 Å². The first-order chi connectivity index (χ1) is 16.9. The lowest BCUT2D eigenvalue weighted by atomic mass is 10.1. The highest BCUT2D eigenvalue weighted by molar-refractivity contribution is 9.10. The molecule has 5 rings (SSSR count). The summed E-state index contributed by atoms with van der Waals surface area (Å²) in [7, 11) is 0. The van der Waals surface area contributed by atoms with E-state index >= 15 is 0 Å². The minimum absolute atomic E-state index is 0.201. The predicted molar refractivity (Wildman–Crippen MR) is 136 cm³/mol. The van der Waals surface area contributed by atoms with Gasteiger partial charge in [0.05, 0.1) is 0 Å². The molecule has 2 heterocycles. The smallest absolute Gasteiger partial charge is 0.213 e. The van der Waals surface area contributed by atoms with Crippen molar-refractivity contribution in [2.75, 3.05) is 0 Å². The summed E-state index contributed by atoms with van der Waals surface area (Å²) in [4.78, 5) is 20.8. The molecule has 0 atom stereocenters. The Hall–Kier alpha value is -3.68. The molecule has 0 amide bonds. The first-order valence-corrected chi connectivity index (χ1v) is 11.5. The molecule has 0 radical (unpaired) electrons. The highest BCUT2D eigenvalue weighted by Crippen LogP contribution is 2.27. The lowest BCUT2D eigenvalue weighted by Gasteiger charge is -2.07. The van der Waals surface area contributed by atoms with Crippen LogP contribution >= 0.6 is 27.5 Å². The number of pyridine rings is 1. The number of imidazole rings is 1. The van der Waals surface area contributed by atoms with Crippen LogP contribution in [0.1, 0.15) is 16.1 Å². The Bertz CT molecular complexity index is 1450. The van der Waals surface area contributed by atoms with E-state index in [2.05, 4.69) is 25.9 Å². The van der Waals surface area contributed by atoms with E-state index in [0.717, 1.165) is 21.3 Å². The molecule has 2 aromatic heterocycles. The Balaban J connectivity index is 0.000000308. The van der Waals surface area contributed by atoms with E-state index in [1.54, 1.807) is 41.5 Å². The zero-order valence-electron chi connectivity index (χ0n) is 18.1. The maximum atomic E-state index is 13.4. The summed E-state index contributed by atoms with van der Waals surface area (Å²) >= 11 is 9.36. The van der Waals surface area contributed by atoms with E-state index in [0.29, 0.717) is 5.15 Å². The fourth-order valence-corrected chi connectivity index (χ4v) is 3.72. The third-order valence-corrected chi connectivity index (χ3v) is 5.75. The number of carbonyl (C=O) groups is 1. The Morgan fingerprint density at radius 3 is 2.34 bits per heavy atom. The number of rotatable bonds is 4. The van der Waals surface area contributed by atoms with Gasteiger partial charge in [-0.3, -0.25) is 4.79 Å². The summed E-state index contributed by atoms with van der Waals surface area (Å²) < 4.78 is 28.1. The van der Waals surface area contributed by atoms with Crippen molar-refractivity contribution >= 4 is 33.3 Å². The third kappa shape index (κ3) is 6.26. The van der Waals surface area contributed by atoms with E-state index in [4.69, 9.17) is 11.6 Å². The molecule has 3 aromatic carbocycles. The Labute approximate surface area is 214 Å². The number of hydrogen-bond donors (Lipinski definition) is 0. The van der Waals surface area contributed by atoms with Gasteiger partial charge in [0.1, 0.15) is 28.8 Å². The molecule has 0 aliphatic heterocycles. The van der Waals surface area contributed by atoms with E-state index in [1.165, 1.54) is 30.3 Å². The zero-order valence-corrected chi connectivity index (χ0v) is 20.4. The van der Waals surface area contributed by atoms with Crippen molar-refractivity contribution in [2.24, 2.45) is 0 Å². The summed E-state index contributed by atoms with van der Waals surface area (Å²) in [5.74, 6) is -0.991. The van der Waals surface area contributed by atoms with Crippen LogP contribution in [0.3, 0.4) is 0 Å². The topological polar surface area (TPSA) is 47.8 Å². The molecule has 0 spiro atoms. The largest absolute Gasteiger partial charge is 0.306 e. The molecular formula is C27H17BrClF2N3O. The molecule has 8 heteroatoms. The highest BCUT2D eigenvalue weighted by Gasteiger charge is 2.14. The van der Waals surface area contributed by atoms with Crippen LogP contribution in [0.15, 0.2) is 108 Å². The number of carbonyl (C=O) groups excluding carboxylic acids is 1. The van der Waals surface area contributed by atoms with Gasteiger partial charge in [0.15, 0.2) is 0 Å². The second kappa shape index (κ2) is 11.2. The molecule has 0 unspecified atom stereocenters. The number of nitrogens with zero attached hydrogens (tertiary/aromatic N) is 3. The van der Waals surface area contributed by atoms with E-state index in [1.807, 2.05) is 36.4 Å².